The maximum Gasteiger partial charge on any atom is 0.328 e. The first kappa shape index (κ1) is 73.7. The Kier molecular flexibility index (Phi) is 36.8. The molecule has 0 aromatic rings. The molecule has 0 fully saturated rings. The van der Waals surface area contributed by atoms with Gasteiger partial charge in [0.1, 0.15) is 67.0 Å². The summed E-state index contributed by atoms with van der Waals surface area (Å²) in [6.45, 7) is 4.67. The SMILES string of the molecule is C[C@H](N)C(=O)N[C@@H](CCCNC(N)N)C(=O)N[C@H](C(=O)N[C@@H](CCCCN)C(=O)N[C@@H](CCC(N)=O)C(=O)N[C@H](C(=O)N[C@@H](C)C(=O)N[C@@H](CCCNC(N)N)C(=O)N[C@@H](CCCCN)C(=O)N[C@@H](CO)C(=O)O)[C@@H](C)O)[C@@H](C)O. The summed E-state index contributed by atoms with van der Waals surface area (Å²) in [6, 6.07) is -15.0. The number of unbranched alkanes of at least 4 members (excludes halogenated alkanes) is 2. The largest absolute Gasteiger partial charge is 0.480 e. The minimum Gasteiger partial charge on any atom is -0.480 e. The lowest BCUT2D eigenvalue weighted by Gasteiger charge is -2.29. The Bertz CT molecular complexity index is 1990. The summed E-state index contributed by atoms with van der Waals surface area (Å²) in [4.78, 5) is 146. The van der Waals surface area contributed by atoms with Gasteiger partial charge in [0.15, 0.2) is 0 Å². The Hall–Kier alpha value is -6.31. The van der Waals surface area contributed by atoms with Crippen LogP contribution in [0.5, 0.6) is 0 Å². The van der Waals surface area contributed by atoms with E-state index >= 15 is 0 Å². The van der Waals surface area contributed by atoms with Crippen LogP contribution < -0.4 is 104 Å². The van der Waals surface area contributed by atoms with E-state index in [2.05, 4.69) is 58.5 Å². The van der Waals surface area contributed by atoms with E-state index in [0.717, 1.165) is 6.92 Å². The van der Waals surface area contributed by atoms with Crippen LogP contribution in [0.25, 0.3) is 0 Å². The standard InChI is InChI=1S/C46H91N19O15/c1-22(49)35(70)58-29(14-10-20-56-46(53)54)40(75)65-34(25(4)68)43(78)62-27(12-6-8-18-48)37(72)61-30(15-16-32(50)69)41(76)64-33(24(3)67)42(77)57-23(2)36(71)59-28(13-9-19-55-45(51)52)38(73)60-26(11-5-7-17-47)39(74)63-31(21-66)44(79)80/h22-31,33-34,45-46,55-56,66-68H,5-21,47-49,51-54H2,1-4H3,(H2,50,69)(H,57,77)(H,58,70)(H,59,71)(H,60,73)(H,61,72)(H,62,78)(H,63,74)(H,64,76)(H,65,75)(H,79,80)/t22-,23-,24+,25+,26-,27-,28-,29-,30-,31-,33-,34-/m0/s1. The third-order valence-electron chi connectivity index (χ3n) is 11.9. The monoisotopic (exact) mass is 1150 g/mol. The minimum absolute atomic E-state index is 0.00421. The van der Waals surface area contributed by atoms with Crippen LogP contribution in [0.2, 0.25) is 0 Å². The number of hydrogen-bond donors (Lipinski definition) is 23. The highest BCUT2D eigenvalue weighted by molar-refractivity contribution is 5.98. The Morgan fingerprint density at radius 3 is 1.07 bits per heavy atom. The Morgan fingerprint density at radius 2 is 0.738 bits per heavy atom. The van der Waals surface area contributed by atoms with Crippen LogP contribution in [0.3, 0.4) is 0 Å². The van der Waals surface area contributed by atoms with E-state index in [0.29, 0.717) is 19.3 Å². The first-order chi connectivity index (χ1) is 37.5. The van der Waals surface area contributed by atoms with E-state index in [1.165, 1.54) is 20.8 Å². The van der Waals surface area contributed by atoms with E-state index in [4.69, 9.17) is 45.9 Å². The topological polar surface area (TPSA) is 609 Å². The van der Waals surface area contributed by atoms with Gasteiger partial charge in [0.25, 0.3) is 0 Å². The lowest BCUT2D eigenvalue weighted by Crippen LogP contribution is -2.62. The normalized spacial score (nSPS) is 15.8. The summed E-state index contributed by atoms with van der Waals surface area (Å²) in [5, 5.41) is 67.2. The molecular weight excluding hydrogens is 1060 g/mol. The summed E-state index contributed by atoms with van der Waals surface area (Å²) in [5.41, 5.74) is 44.5. The maximum atomic E-state index is 14.0. The van der Waals surface area contributed by atoms with Crippen molar-refractivity contribution in [2.24, 2.45) is 45.9 Å². The van der Waals surface area contributed by atoms with Gasteiger partial charge in [-0.05, 0) is 125 Å². The highest BCUT2D eigenvalue weighted by atomic mass is 16.4. The van der Waals surface area contributed by atoms with Crippen molar-refractivity contribution in [1.29, 1.82) is 0 Å². The fraction of sp³-hybridized carbons (Fsp3) is 0.761. The Balaban J connectivity index is 6.60. The zero-order valence-electron chi connectivity index (χ0n) is 46.0. The molecular formula is C46H91N19O15. The molecule has 0 aliphatic rings. The number of amides is 10. The van der Waals surface area contributed by atoms with E-state index in [9.17, 15) is 73.2 Å². The fourth-order valence-corrected chi connectivity index (χ4v) is 7.32. The van der Waals surface area contributed by atoms with Gasteiger partial charge in [-0.25, -0.2) is 4.79 Å². The van der Waals surface area contributed by atoms with Gasteiger partial charge < -0.3 is 114 Å². The first-order valence-electron chi connectivity index (χ1n) is 26.4. The van der Waals surface area contributed by atoms with Crippen molar-refractivity contribution in [2.75, 3.05) is 32.8 Å². The zero-order valence-corrected chi connectivity index (χ0v) is 46.0. The number of aliphatic hydroxyl groups is 3. The molecule has 12 atom stereocenters. The summed E-state index contributed by atoms with van der Waals surface area (Å²) >= 11 is 0. The van der Waals surface area contributed by atoms with Gasteiger partial charge in [-0.1, -0.05) is 0 Å². The molecule has 80 heavy (non-hydrogen) atoms. The number of carbonyl (C=O) groups is 11. The van der Waals surface area contributed by atoms with Gasteiger partial charge in [0, 0.05) is 6.42 Å². The van der Waals surface area contributed by atoms with Gasteiger partial charge >= 0.3 is 5.97 Å². The number of hydrogen-bond acceptors (Lipinski definition) is 23. The summed E-state index contributed by atoms with van der Waals surface area (Å²) in [7, 11) is 0. The highest BCUT2D eigenvalue weighted by Gasteiger charge is 2.37. The molecule has 0 aromatic heterocycles. The fourth-order valence-electron chi connectivity index (χ4n) is 7.32. The van der Waals surface area contributed by atoms with Gasteiger partial charge in [-0.15, -0.1) is 0 Å². The van der Waals surface area contributed by atoms with Crippen LogP contribution in [0, 0.1) is 0 Å². The number of aliphatic carboxylic acids is 1. The molecule has 0 radical (unpaired) electrons. The lowest BCUT2D eigenvalue weighted by atomic mass is 10.0. The summed E-state index contributed by atoms with van der Waals surface area (Å²) < 4.78 is 0. The van der Waals surface area contributed by atoms with Gasteiger partial charge in [0.2, 0.25) is 59.1 Å². The van der Waals surface area contributed by atoms with Crippen molar-refractivity contribution in [3.05, 3.63) is 0 Å². The summed E-state index contributed by atoms with van der Waals surface area (Å²) in [5.74, 6) is -11.3. The number of carbonyl (C=O) groups excluding carboxylic acids is 10. The Labute approximate surface area is 464 Å². The van der Waals surface area contributed by atoms with E-state index < -0.39 is 170 Å². The van der Waals surface area contributed by atoms with Crippen molar-refractivity contribution in [3.63, 3.8) is 0 Å². The zero-order chi connectivity index (χ0) is 61.2. The molecule has 0 rings (SSSR count). The average Bonchev–Trinajstić information content (AvgIpc) is 3.37. The lowest BCUT2D eigenvalue weighted by molar-refractivity contribution is -0.143. The number of aliphatic hydroxyl groups excluding tert-OH is 3. The molecule has 460 valence electrons. The van der Waals surface area contributed by atoms with Crippen LogP contribution in [0.15, 0.2) is 0 Å². The second kappa shape index (κ2) is 40.0. The van der Waals surface area contributed by atoms with Gasteiger partial charge in [0.05, 0.1) is 24.9 Å². The molecule has 0 aliphatic heterocycles. The van der Waals surface area contributed by atoms with Crippen LogP contribution in [0.1, 0.15) is 105 Å². The number of carboxylic acids is 1. The molecule has 10 amide bonds. The second-order valence-electron chi connectivity index (χ2n) is 19.2. The Morgan fingerprint density at radius 1 is 0.412 bits per heavy atom. The highest BCUT2D eigenvalue weighted by Crippen LogP contribution is 2.10. The van der Waals surface area contributed by atoms with Crippen LogP contribution in [-0.4, -0.2) is 203 Å². The second-order valence-corrected chi connectivity index (χ2v) is 19.2. The summed E-state index contributed by atoms with van der Waals surface area (Å²) in [6.07, 6.45) is -4.61. The molecule has 0 saturated heterocycles. The molecule has 34 heteroatoms. The molecule has 34 nitrogen and oxygen atoms in total. The molecule has 31 N–H and O–H groups in total. The van der Waals surface area contributed by atoms with Crippen molar-refractivity contribution in [2.45, 2.75) is 190 Å². The molecule has 0 spiro atoms. The van der Waals surface area contributed by atoms with Crippen LogP contribution in [0.4, 0.5) is 0 Å². The van der Waals surface area contributed by atoms with Crippen molar-refractivity contribution >= 4 is 65.0 Å². The number of nitrogens with two attached hydrogens (primary N) is 8. The van der Waals surface area contributed by atoms with E-state index in [1.807, 2.05) is 0 Å². The van der Waals surface area contributed by atoms with Crippen molar-refractivity contribution < 1.29 is 73.2 Å². The number of primary amides is 1. The first-order valence-corrected chi connectivity index (χ1v) is 26.4. The van der Waals surface area contributed by atoms with Crippen molar-refractivity contribution in [1.82, 2.24) is 58.5 Å². The quantitative estimate of drug-likeness (QED) is 0.0199. The van der Waals surface area contributed by atoms with E-state index in [-0.39, 0.29) is 71.1 Å². The molecule has 0 unspecified atom stereocenters. The number of carboxylic acid groups (broad SMARTS) is 1. The average molecular weight is 1150 g/mol. The molecule has 0 aromatic carbocycles. The number of rotatable bonds is 43. The predicted octanol–water partition coefficient (Wildman–Crippen LogP) is -10.8. The van der Waals surface area contributed by atoms with E-state index in [1.54, 1.807) is 0 Å². The minimum atomic E-state index is -1.86. The molecule has 0 heterocycles. The van der Waals surface area contributed by atoms with Gasteiger partial charge in [-0.2, -0.15) is 0 Å². The molecule has 0 aliphatic carbocycles. The molecule has 0 bridgehead atoms. The third kappa shape index (κ3) is 30.3. The van der Waals surface area contributed by atoms with Crippen molar-refractivity contribution in [3.8, 4) is 0 Å². The third-order valence-corrected chi connectivity index (χ3v) is 11.9. The maximum absolute atomic E-state index is 14.0. The smallest absolute Gasteiger partial charge is 0.328 e. The van der Waals surface area contributed by atoms with Gasteiger partial charge in [-0.3, -0.25) is 58.6 Å². The van der Waals surface area contributed by atoms with Crippen LogP contribution in [-0.2, 0) is 52.7 Å². The predicted molar refractivity (Wildman–Crippen MR) is 288 cm³/mol. The molecule has 0 saturated carbocycles. The van der Waals surface area contributed by atoms with Crippen LogP contribution >= 0.6 is 0 Å². The number of nitrogens with one attached hydrogen (secondary N) is 11.